The fourth-order valence-corrected chi connectivity index (χ4v) is 0.628. The maximum Gasteiger partial charge on any atom is 0.115 e. The average Bonchev–Trinajstić information content (AvgIpc) is 2.11. The van der Waals surface area contributed by atoms with Crippen molar-refractivity contribution >= 4 is 37.2 Å². The zero-order valence-electron chi connectivity index (χ0n) is 7.51. The number of rotatable bonds is 0. The molecule has 0 unspecified atom stereocenters. The van der Waals surface area contributed by atoms with Crippen molar-refractivity contribution in [1.29, 1.82) is 0 Å². The Morgan fingerprint density at radius 2 is 1.67 bits per heavy atom. The highest BCUT2D eigenvalue weighted by atomic mass is 128. The molecule has 0 radical (unpaired) electrons. The Labute approximate surface area is 97.9 Å². The van der Waals surface area contributed by atoms with Crippen LogP contribution >= 0.6 is 37.2 Å². The van der Waals surface area contributed by atoms with Gasteiger partial charge < -0.3 is 5.11 Å². The molecule has 0 atom stereocenters. The van der Waals surface area contributed by atoms with Crippen LogP contribution in [0.3, 0.4) is 0 Å². The van der Waals surface area contributed by atoms with Gasteiger partial charge in [-0.3, -0.25) is 0 Å². The van der Waals surface area contributed by atoms with Crippen molar-refractivity contribution < 1.29 is 5.11 Å². The fourth-order valence-electron chi connectivity index (χ4n) is 0.628. The molecule has 0 amide bonds. The number of phenols is 1. The first kappa shape index (κ1) is 15.0. The molecule has 0 aliphatic carbocycles. The van der Waals surface area contributed by atoms with Gasteiger partial charge >= 0.3 is 0 Å². The summed E-state index contributed by atoms with van der Waals surface area (Å²) in [6.45, 7) is 5.94. The number of benzene rings is 1. The van der Waals surface area contributed by atoms with Gasteiger partial charge in [-0.05, 0) is 24.6 Å². The Bertz CT molecular complexity index is 172. The van der Waals surface area contributed by atoms with Crippen molar-refractivity contribution in [2.75, 3.05) is 0 Å². The summed E-state index contributed by atoms with van der Waals surface area (Å²) in [6, 6.07) is 7.15. The minimum Gasteiger partial charge on any atom is -0.508 e. The molecule has 0 aromatic heterocycles. The van der Waals surface area contributed by atoms with E-state index in [4.69, 9.17) is 5.11 Å². The molecular formula is C9H14I2O. The molecule has 3 heteroatoms. The first-order valence-electron chi connectivity index (χ1n) is 3.69. The van der Waals surface area contributed by atoms with Gasteiger partial charge in [0.15, 0.2) is 0 Å². The Morgan fingerprint density at radius 3 is 1.92 bits per heavy atom. The molecule has 1 N–H and O–H groups in total. The highest BCUT2D eigenvalue weighted by Gasteiger charge is 1.83. The third kappa shape index (κ3) is 8.58. The van der Waals surface area contributed by atoms with Crippen LogP contribution in [0.2, 0.25) is 0 Å². The lowest BCUT2D eigenvalue weighted by atomic mass is 10.2. The van der Waals surface area contributed by atoms with Gasteiger partial charge in [-0.1, -0.05) is 26.0 Å². The SMILES string of the molecule is CC.Cc1cccc(O)c1.II. The molecule has 1 nitrogen and oxygen atoms in total. The van der Waals surface area contributed by atoms with E-state index in [1.54, 1.807) is 12.1 Å². The second kappa shape index (κ2) is 11.5. The zero-order chi connectivity index (χ0) is 9.98. The topological polar surface area (TPSA) is 20.2 Å². The lowest BCUT2D eigenvalue weighted by molar-refractivity contribution is 0.475. The number of hydrogen-bond donors (Lipinski definition) is 1. The molecule has 0 heterocycles. The molecule has 0 spiro atoms. The second-order valence-corrected chi connectivity index (χ2v) is 1.84. The van der Waals surface area contributed by atoms with Crippen molar-refractivity contribution in [3.63, 3.8) is 0 Å². The molecule has 1 aromatic carbocycles. The number of aromatic hydroxyl groups is 1. The van der Waals surface area contributed by atoms with Crippen LogP contribution in [0.15, 0.2) is 24.3 Å². The highest BCUT2D eigenvalue weighted by Crippen LogP contribution is 2.08. The predicted octanol–water partition coefficient (Wildman–Crippen LogP) is 4.50. The van der Waals surface area contributed by atoms with E-state index in [-0.39, 0.29) is 0 Å². The van der Waals surface area contributed by atoms with E-state index in [1.807, 2.05) is 32.9 Å². The molecular weight excluding hydrogens is 378 g/mol. The van der Waals surface area contributed by atoms with Crippen molar-refractivity contribution in [2.24, 2.45) is 0 Å². The summed E-state index contributed by atoms with van der Waals surface area (Å²) in [4.78, 5) is 0. The normalized spacial score (nSPS) is 7.08. The van der Waals surface area contributed by atoms with Gasteiger partial charge in [0, 0.05) is 37.2 Å². The van der Waals surface area contributed by atoms with Gasteiger partial charge in [0.25, 0.3) is 0 Å². The van der Waals surface area contributed by atoms with Crippen LogP contribution in [0.4, 0.5) is 0 Å². The number of hydrogen-bond acceptors (Lipinski definition) is 1. The third-order valence-electron chi connectivity index (χ3n) is 1.00. The van der Waals surface area contributed by atoms with Crippen LogP contribution in [0.25, 0.3) is 0 Å². The van der Waals surface area contributed by atoms with Gasteiger partial charge in [0.05, 0.1) is 0 Å². The summed E-state index contributed by atoms with van der Waals surface area (Å²) in [5.41, 5.74) is 1.09. The minimum atomic E-state index is 0.338. The maximum atomic E-state index is 8.81. The monoisotopic (exact) mass is 392 g/mol. The molecule has 12 heavy (non-hydrogen) atoms. The summed E-state index contributed by atoms with van der Waals surface area (Å²) in [7, 11) is 0. The lowest BCUT2D eigenvalue weighted by Gasteiger charge is -1.89. The molecule has 1 aromatic rings. The summed E-state index contributed by atoms with van der Waals surface area (Å²) in [5.74, 6) is 0.338. The van der Waals surface area contributed by atoms with E-state index in [0.717, 1.165) is 5.56 Å². The second-order valence-electron chi connectivity index (χ2n) is 1.84. The summed E-state index contributed by atoms with van der Waals surface area (Å²) in [6.07, 6.45) is 0. The highest BCUT2D eigenvalue weighted by molar-refractivity contribution is 15.0. The Balaban J connectivity index is 0. The number of halogens is 2. The van der Waals surface area contributed by atoms with E-state index >= 15 is 0 Å². The van der Waals surface area contributed by atoms with Crippen LogP contribution in [-0.4, -0.2) is 5.11 Å². The average molecular weight is 392 g/mol. The van der Waals surface area contributed by atoms with Gasteiger partial charge in [-0.2, -0.15) is 0 Å². The van der Waals surface area contributed by atoms with E-state index in [0.29, 0.717) is 5.75 Å². The molecule has 0 aliphatic rings. The van der Waals surface area contributed by atoms with E-state index in [9.17, 15) is 0 Å². The largest absolute Gasteiger partial charge is 0.508 e. The Hall–Kier alpha value is 0.480. The Kier molecular flexibility index (Phi) is 14.3. The van der Waals surface area contributed by atoms with Crippen LogP contribution in [0.5, 0.6) is 5.75 Å². The van der Waals surface area contributed by atoms with E-state index in [2.05, 4.69) is 37.2 Å². The maximum absolute atomic E-state index is 8.81. The van der Waals surface area contributed by atoms with Gasteiger partial charge in [0.2, 0.25) is 0 Å². The van der Waals surface area contributed by atoms with Crippen molar-refractivity contribution in [3.05, 3.63) is 29.8 Å². The van der Waals surface area contributed by atoms with Crippen LogP contribution in [0, 0.1) is 6.92 Å². The standard InChI is InChI=1S/C7H8O.C2H6.I2/c1-6-3-2-4-7(8)5-6;2*1-2/h2-5,8H,1H3;1-2H3;. The molecule has 0 bridgehead atoms. The third-order valence-corrected chi connectivity index (χ3v) is 1.00. The first-order valence-corrected chi connectivity index (χ1v) is 9.97. The summed E-state index contributed by atoms with van der Waals surface area (Å²) in [5, 5.41) is 8.81. The summed E-state index contributed by atoms with van der Waals surface area (Å²) < 4.78 is 0. The summed E-state index contributed by atoms with van der Waals surface area (Å²) >= 11 is 4.24. The molecule has 70 valence electrons. The molecule has 0 fully saturated rings. The number of phenolic OH excluding ortho intramolecular Hbond substituents is 1. The fraction of sp³-hybridized carbons (Fsp3) is 0.333. The quantitative estimate of drug-likeness (QED) is 0.645. The Morgan fingerprint density at radius 1 is 1.17 bits per heavy atom. The minimum absolute atomic E-state index is 0.338. The van der Waals surface area contributed by atoms with E-state index < -0.39 is 0 Å². The van der Waals surface area contributed by atoms with Crippen LogP contribution in [-0.2, 0) is 0 Å². The molecule has 0 saturated heterocycles. The van der Waals surface area contributed by atoms with E-state index in [1.165, 1.54) is 0 Å². The van der Waals surface area contributed by atoms with Crippen molar-refractivity contribution in [1.82, 2.24) is 0 Å². The predicted molar refractivity (Wildman–Crippen MR) is 72.2 cm³/mol. The van der Waals surface area contributed by atoms with Gasteiger partial charge in [-0.15, -0.1) is 0 Å². The smallest absolute Gasteiger partial charge is 0.115 e. The van der Waals surface area contributed by atoms with Crippen LogP contribution in [0.1, 0.15) is 19.4 Å². The van der Waals surface area contributed by atoms with Crippen LogP contribution < -0.4 is 0 Å². The molecule has 1 rings (SSSR count). The zero-order valence-corrected chi connectivity index (χ0v) is 11.8. The molecule has 0 aliphatic heterocycles. The van der Waals surface area contributed by atoms with Crippen molar-refractivity contribution in [3.8, 4) is 5.75 Å². The van der Waals surface area contributed by atoms with Gasteiger partial charge in [-0.25, -0.2) is 0 Å². The molecule has 0 saturated carbocycles. The first-order chi connectivity index (χ1) is 5.79. The van der Waals surface area contributed by atoms with Crippen molar-refractivity contribution in [2.45, 2.75) is 20.8 Å². The number of aryl methyl sites for hydroxylation is 1. The lowest BCUT2D eigenvalue weighted by Crippen LogP contribution is -1.66. The van der Waals surface area contributed by atoms with Gasteiger partial charge in [0.1, 0.15) is 5.75 Å².